The molecule has 180 valence electrons. The summed E-state index contributed by atoms with van der Waals surface area (Å²) in [6.07, 6.45) is 3.79. The van der Waals surface area contributed by atoms with Crippen molar-refractivity contribution in [3.63, 3.8) is 0 Å². The number of ether oxygens (including phenoxy) is 1. The molecule has 1 aliphatic heterocycles. The van der Waals surface area contributed by atoms with Crippen molar-refractivity contribution >= 4 is 27.7 Å². The van der Waals surface area contributed by atoms with Gasteiger partial charge in [-0.1, -0.05) is 24.3 Å². The molecule has 1 fully saturated rings. The number of nitrogens with zero attached hydrogens (tertiary/aromatic N) is 2. The molecule has 2 aromatic heterocycles. The molecule has 0 unspecified atom stereocenters. The molecule has 1 aliphatic carbocycles. The first kappa shape index (κ1) is 22.0. The number of aromatic amines is 1. The molecule has 2 aromatic carbocycles. The standard InChI is InChI=1S/C28H29FN4O2/c1-35-25-9-8-18(12-21(25)29)13-23-28-27(19-4-2-3-5-22(19)32-28)20-10-11-33(16-24(20)31-23)26(34)15-30-14-17-6-7-17/h2-5,8-9,12,17,30,32H,6-7,10-11,13-16H2,1H3. The van der Waals surface area contributed by atoms with Gasteiger partial charge in [0.1, 0.15) is 0 Å². The normalized spacial score (nSPS) is 15.5. The van der Waals surface area contributed by atoms with Gasteiger partial charge in [0.2, 0.25) is 5.91 Å². The Kier molecular flexibility index (Phi) is 5.65. The van der Waals surface area contributed by atoms with Crippen LogP contribution in [0.25, 0.3) is 21.8 Å². The van der Waals surface area contributed by atoms with Crippen molar-refractivity contribution in [1.82, 2.24) is 20.2 Å². The van der Waals surface area contributed by atoms with E-state index in [2.05, 4.69) is 22.4 Å². The van der Waals surface area contributed by atoms with Crippen molar-refractivity contribution in [2.24, 2.45) is 5.92 Å². The van der Waals surface area contributed by atoms with Gasteiger partial charge >= 0.3 is 0 Å². The van der Waals surface area contributed by atoms with Crippen LogP contribution >= 0.6 is 0 Å². The van der Waals surface area contributed by atoms with Gasteiger partial charge in [0.05, 0.1) is 37.1 Å². The highest BCUT2D eigenvalue weighted by molar-refractivity contribution is 6.10. The van der Waals surface area contributed by atoms with E-state index in [1.807, 2.05) is 23.1 Å². The van der Waals surface area contributed by atoms with Crippen LogP contribution in [0.15, 0.2) is 42.5 Å². The first-order valence-corrected chi connectivity index (χ1v) is 12.3. The second-order valence-corrected chi connectivity index (χ2v) is 9.69. The molecule has 2 N–H and O–H groups in total. The number of fused-ring (bicyclic) bond motifs is 5. The lowest BCUT2D eigenvalue weighted by atomic mass is 9.96. The van der Waals surface area contributed by atoms with E-state index in [1.165, 1.54) is 37.0 Å². The Morgan fingerprint density at radius 1 is 1.26 bits per heavy atom. The van der Waals surface area contributed by atoms with E-state index < -0.39 is 0 Å². The fourth-order valence-corrected chi connectivity index (χ4v) is 5.18. The number of hydrogen-bond donors (Lipinski definition) is 2. The predicted molar refractivity (Wildman–Crippen MR) is 134 cm³/mol. The number of nitrogens with one attached hydrogen (secondary N) is 2. The van der Waals surface area contributed by atoms with Crippen molar-refractivity contribution < 1.29 is 13.9 Å². The molecule has 2 aliphatic rings. The van der Waals surface area contributed by atoms with E-state index >= 15 is 0 Å². The van der Waals surface area contributed by atoms with Crippen molar-refractivity contribution in [3.05, 3.63) is 70.8 Å². The zero-order valence-electron chi connectivity index (χ0n) is 19.9. The van der Waals surface area contributed by atoms with Crippen LogP contribution in [0.5, 0.6) is 5.75 Å². The van der Waals surface area contributed by atoms with Gasteiger partial charge in [-0.15, -0.1) is 0 Å². The third-order valence-corrected chi connectivity index (χ3v) is 7.23. The second-order valence-electron chi connectivity index (χ2n) is 9.69. The van der Waals surface area contributed by atoms with Crippen LogP contribution in [0.1, 0.15) is 35.4 Å². The number of amides is 1. The highest BCUT2D eigenvalue weighted by Gasteiger charge is 2.27. The van der Waals surface area contributed by atoms with Gasteiger partial charge in [-0.3, -0.25) is 9.78 Å². The third-order valence-electron chi connectivity index (χ3n) is 7.23. The van der Waals surface area contributed by atoms with Gasteiger partial charge < -0.3 is 19.9 Å². The second kappa shape index (κ2) is 8.96. The minimum absolute atomic E-state index is 0.121. The first-order chi connectivity index (χ1) is 17.1. The summed E-state index contributed by atoms with van der Waals surface area (Å²) in [6, 6.07) is 13.3. The van der Waals surface area contributed by atoms with E-state index in [9.17, 15) is 9.18 Å². The lowest BCUT2D eigenvalue weighted by Crippen LogP contribution is -2.42. The summed E-state index contributed by atoms with van der Waals surface area (Å²) in [6.45, 7) is 2.49. The molecule has 0 bridgehead atoms. The molecule has 3 heterocycles. The van der Waals surface area contributed by atoms with E-state index in [4.69, 9.17) is 9.72 Å². The largest absolute Gasteiger partial charge is 0.494 e. The van der Waals surface area contributed by atoms with Crippen molar-refractivity contribution in [3.8, 4) is 5.75 Å². The number of hydrogen-bond acceptors (Lipinski definition) is 4. The number of carbonyl (C=O) groups is 1. The van der Waals surface area contributed by atoms with Crippen LogP contribution in [0.4, 0.5) is 4.39 Å². The average Bonchev–Trinajstić information content (AvgIpc) is 3.61. The predicted octanol–water partition coefficient (Wildman–Crippen LogP) is 4.34. The molecule has 4 aromatic rings. The first-order valence-electron chi connectivity index (χ1n) is 12.3. The average molecular weight is 473 g/mol. The number of pyridine rings is 1. The molecule has 0 saturated heterocycles. The number of rotatable bonds is 7. The quantitative estimate of drug-likeness (QED) is 0.420. The van der Waals surface area contributed by atoms with Crippen LogP contribution in [-0.4, -0.2) is 47.5 Å². The van der Waals surface area contributed by atoms with Crippen molar-refractivity contribution in [2.75, 3.05) is 26.7 Å². The molecule has 35 heavy (non-hydrogen) atoms. The summed E-state index contributed by atoms with van der Waals surface area (Å²) in [5.74, 6) is 0.710. The van der Waals surface area contributed by atoms with Gasteiger partial charge in [-0.25, -0.2) is 4.39 Å². The van der Waals surface area contributed by atoms with Crippen LogP contribution in [-0.2, 0) is 24.2 Å². The van der Waals surface area contributed by atoms with E-state index in [-0.39, 0.29) is 17.5 Å². The fraction of sp³-hybridized carbons (Fsp3) is 0.357. The topological polar surface area (TPSA) is 70.2 Å². The van der Waals surface area contributed by atoms with Crippen LogP contribution < -0.4 is 10.1 Å². The Bertz CT molecular complexity index is 1430. The Morgan fingerprint density at radius 3 is 2.91 bits per heavy atom. The number of carbonyl (C=O) groups excluding carboxylic acids is 1. The van der Waals surface area contributed by atoms with Gasteiger partial charge in [0.15, 0.2) is 11.6 Å². The number of aromatic nitrogens is 2. The molecule has 0 atom stereocenters. The molecule has 7 heteroatoms. The molecular weight excluding hydrogens is 443 g/mol. The molecule has 0 spiro atoms. The Hall–Kier alpha value is -3.45. The highest BCUT2D eigenvalue weighted by Crippen LogP contribution is 2.35. The number of halogens is 1. The third kappa shape index (κ3) is 4.25. The Balaban J connectivity index is 1.36. The van der Waals surface area contributed by atoms with Gasteiger partial charge in [-0.2, -0.15) is 0 Å². The number of benzene rings is 2. The lowest BCUT2D eigenvalue weighted by Gasteiger charge is -2.29. The highest BCUT2D eigenvalue weighted by atomic mass is 19.1. The van der Waals surface area contributed by atoms with Gasteiger partial charge in [0.25, 0.3) is 0 Å². The fourth-order valence-electron chi connectivity index (χ4n) is 5.18. The van der Waals surface area contributed by atoms with E-state index in [1.54, 1.807) is 6.07 Å². The zero-order valence-corrected chi connectivity index (χ0v) is 19.9. The Morgan fingerprint density at radius 2 is 2.11 bits per heavy atom. The lowest BCUT2D eigenvalue weighted by molar-refractivity contribution is -0.131. The number of methoxy groups -OCH3 is 1. The number of para-hydroxylation sites is 1. The minimum atomic E-state index is -0.383. The van der Waals surface area contributed by atoms with Crippen molar-refractivity contribution in [2.45, 2.75) is 32.2 Å². The maximum atomic E-state index is 14.4. The summed E-state index contributed by atoms with van der Waals surface area (Å²) in [7, 11) is 1.46. The van der Waals surface area contributed by atoms with Gasteiger partial charge in [0, 0.05) is 29.3 Å². The molecule has 1 amide bonds. The van der Waals surface area contributed by atoms with Crippen LogP contribution in [0, 0.1) is 11.7 Å². The zero-order chi connectivity index (χ0) is 23.9. The summed E-state index contributed by atoms with van der Waals surface area (Å²) in [5, 5.41) is 5.65. The number of H-pyrrole nitrogens is 1. The molecule has 1 saturated carbocycles. The summed E-state index contributed by atoms with van der Waals surface area (Å²) in [5.41, 5.74) is 5.88. The van der Waals surface area contributed by atoms with Crippen molar-refractivity contribution in [1.29, 1.82) is 0 Å². The maximum Gasteiger partial charge on any atom is 0.236 e. The monoisotopic (exact) mass is 472 g/mol. The van der Waals surface area contributed by atoms with Crippen LogP contribution in [0.3, 0.4) is 0 Å². The maximum absolute atomic E-state index is 14.4. The van der Waals surface area contributed by atoms with Gasteiger partial charge in [-0.05, 0) is 61.1 Å². The van der Waals surface area contributed by atoms with E-state index in [0.717, 1.165) is 52.3 Å². The SMILES string of the molecule is COc1ccc(Cc2nc3c(c4c2[nH]c2ccccc24)CCN(C(=O)CNCC2CC2)C3)cc1F. The molecular formula is C28H29FN4O2. The summed E-state index contributed by atoms with van der Waals surface area (Å²) in [4.78, 5) is 23.4. The summed E-state index contributed by atoms with van der Waals surface area (Å²) >= 11 is 0. The Labute approximate surface area is 203 Å². The molecule has 6 rings (SSSR count). The van der Waals surface area contributed by atoms with Crippen LogP contribution in [0.2, 0.25) is 0 Å². The molecule has 6 nitrogen and oxygen atoms in total. The van der Waals surface area contributed by atoms with E-state index in [0.29, 0.717) is 26.1 Å². The molecule has 0 radical (unpaired) electrons. The smallest absolute Gasteiger partial charge is 0.236 e. The minimum Gasteiger partial charge on any atom is -0.494 e. The summed E-state index contributed by atoms with van der Waals surface area (Å²) < 4.78 is 19.5.